The fourth-order valence-corrected chi connectivity index (χ4v) is 4.22. The number of halogens is 2. The summed E-state index contributed by atoms with van der Waals surface area (Å²) in [6.45, 7) is 0. The van der Waals surface area contributed by atoms with Crippen molar-refractivity contribution in [3.63, 3.8) is 0 Å². The lowest BCUT2D eigenvalue weighted by molar-refractivity contribution is -0.0190. The molecule has 3 aromatic carbocycles. The fraction of sp³-hybridized carbons (Fsp3) is 0.136. The third-order valence-corrected chi connectivity index (χ3v) is 5.76. The van der Waals surface area contributed by atoms with E-state index in [1.807, 2.05) is 54.6 Å². The Labute approximate surface area is 171 Å². The molecular formula is C22H16BrClN2O. The molecular weight excluding hydrogens is 424 g/mol. The highest BCUT2D eigenvalue weighted by molar-refractivity contribution is 9.10. The monoisotopic (exact) mass is 438 g/mol. The van der Waals surface area contributed by atoms with Crippen LogP contribution in [-0.2, 0) is 0 Å². The number of fused-ring (bicyclic) bond motifs is 3. The van der Waals surface area contributed by atoms with Crippen LogP contribution in [0, 0.1) is 0 Å². The molecule has 0 aromatic heterocycles. The van der Waals surface area contributed by atoms with Gasteiger partial charge in [0.1, 0.15) is 5.75 Å². The van der Waals surface area contributed by atoms with E-state index in [2.05, 4.69) is 39.1 Å². The molecule has 3 aromatic rings. The van der Waals surface area contributed by atoms with Crippen molar-refractivity contribution in [2.45, 2.75) is 18.7 Å². The normalized spacial score (nSPS) is 20.5. The molecule has 27 heavy (non-hydrogen) atoms. The fourth-order valence-electron chi connectivity index (χ4n) is 3.71. The van der Waals surface area contributed by atoms with Gasteiger partial charge in [0.25, 0.3) is 0 Å². The summed E-state index contributed by atoms with van der Waals surface area (Å²) in [5, 5.41) is 7.79. The molecule has 2 aliphatic heterocycles. The average Bonchev–Trinajstić information content (AvgIpc) is 3.14. The highest BCUT2D eigenvalue weighted by Crippen LogP contribution is 2.48. The second-order valence-electron chi connectivity index (χ2n) is 6.72. The quantitative estimate of drug-likeness (QED) is 0.465. The lowest BCUT2D eigenvalue weighted by atomic mass is 9.96. The predicted octanol–water partition coefficient (Wildman–Crippen LogP) is 6.34. The van der Waals surface area contributed by atoms with Gasteiger partial charge in [-0.3, -0.25) is 0 Å². The summed E-state index contributed by atoms with van der Waals surface area (Å²) in [5.41, 5.74) is 4.40. The van der Waals surface area contributed by atoms with Gasteiger partial charge in [-0.05, 0) is 35.9 Å². The first kappa shape index (κ1) is 16.8. The molecule has 0 saturated carbocycles. The maximum atomic E-state index is 6.37. The van der Waals surface area contributed by atoms with Gasteiger partial charge >= 0.3 is 0 Å². The molecule has 3 nitrogen and oxygen atoms in total. The van der Waals surface area contributed by atoms with Crippen molar-refractivity contribution in [3.05, 3.63) is 99.0 Å². The molecule has 5 rings (SSSR count). The second-order valence-corrected chi connectivity index (χ2v) is 8.07. The molecule has 0 fully saturated rings. The van der Waals surface area contributed by atoms with E-state index in [0.717, 1.165) is 44.1 Å². The molecule has 0 radical (unpaired) electrons. The zero-order valence-corrected chi connectivity index (χ0v) is 16.7. The van der Waals surface area contributed by atoms with Gasteiger partial charge in [-0.1, -0.05) is 70.0 Å². The highest BCUT2D eigenvalue weighted by Gasteiger charge is 2.40. The number of rotatable bonds is 2. The average molecular weight is 440 g/mol. The molecule has 0 N–H and O–H groups in total. The van der Waals surface area contributed by atoms with Crippen molar-refractivity contribution in [1.29, 1.82) is 0 Å². The Bertz CT molecular complexity index is 1020. The van der Waals surface area contributed by atoms with Crippen LogP contribution in [0.1, 0.15) is 35.4 Å². The Morgan fingerprint density at radius 1 is 1.00 bits per heavy atom. The number of hydrogen-bond donors (Lipinski definition) is 0. The number of hydrazone groups is 1. The number of nitrogens with zero attached hydrogens (tertiary/aromatic N) is 2. The summed E-state index contributed by atoms with van der Waals surface area (Å²) >= 11 is 9.64. The van der Waals surface area contributed by atoms with Gasteiger partial charge in [0.15, 0.2) is 0 Å². The Balaban J connectivity index is 1.60. The first-order valence-corrected chi connectivity index (χ1v) is 9.99. The molecule has 0 amide bonds. The number of ether oxygens (including phenoxy) is 1. The third kappa shape index (κ3) is 3.03. The Morgan fingerprint density at radius 3 is 2.56 bits per heavy atom. The van der Waals surface area contributed by atoms with Crippen molar-refractivity contribution >= 4 is 33.2 Å². The van der Waals surface area contributed by atoms with Crippen molar-refractivity contribution in [2.24, 2.45) is 5.10 Å². The number of benzene rings is 3. The molecule has 2 unspecified atom stereocenters. The van der Waals surface area contributed by atoms with Crippen LogP contribution in [-0.4, -0.2) is 10.7 Å². The maximum Gasteiger partial charge on any atom is 0.213 e. The van der Waals surface area contributed by atoms with Crippen LogP contribution in [0.2, 0.25) is 5.02 Å². The van der Waals surface area contributed by atoms with Crippen molar-refractivity contribution in [3.8, 4) is 5.75 Å². The van der Waals surface area contributed by atoms with E-state index in [9.17, 15) is 0 Å². The summed E-state index contributed by atoms with van der Waals surface area (Å²) in [7, 11) is 0. The molecule has 0 bridgehead atoms. The first-order chi connectivity index (χ1) is 13.2. The van der Waals surface area contributed by atoms with Crippen LogP contribution in [0.4, 0.5) is 0 Å². The van der Waals surface area contributed by atoms with Gasteiger partial charge in [0, 0.05) is 27.0 Å². The molecule has 2 atom stereocenters. The van der Waals surface area contributed by atoms with Crippen molar-refractivity contribution in [2.75, 3.05) is 0 Å². The topological polar surface area (TPSA) is 24.8 Å². The molecule has 0 saturated heterocycles. The van der Waals surface area contributed by atoms with E-state index in [0.29, 0.717) is 0 Å². The molecule has 134 valence electrons. The summed E-state index contributed by atoms with van der Waals surface area (Å²) in [4.78, 5) is 0. The molecule has 0 aliphatic carbocycles. The van der Waals surface area contributed by atoms with Crippen LogP contribution in [0.5, 0.6) is 5.75 Å². The third-order valence-electron chi connectivity index (χ3n) is 5.01. The van der Waals surface area contributed by atoms with Crippen molar-refractivity contribution in [1.82, 2.24) is 5.01 Å². The number of hydrogen-bond acceptors (Lipinski definition) is 3. The standard InChI is InChI=1S/C22H16BrClN2O/c23-16-8-11-21-18(12-16)20-13-19(14-6-9-17(24)10-7-14)25-26(20)22(27-21)15-4-2-1-3-5-15/h1-12,20,22H,13H2. The van der Waals surface area contributed by atoms with Crippen LogP contribution in [0.25, 0.3) is 0 Å². The second kappa shape index (κ2) is 6.70. The minimum Gasteiger partial charge on any atom is -0.464 e. The first-order valence-electron chi connectivity index (χ1n) is 8.82. The Kier molecular flexibility index (Phi) is 4.18. The van der Waals surface area contributed by atoms with Gasteiger partial charge in [-0.25, -0.2) is 5.01 Å². The van der Waals surface area contributed by atoms with Crippen LogP contribution < -0.4 is 4.74 Å². The lowest BCUT2D eigenvalue weighted by Gasteiger charge is -2.38. The Morgan fingerprint density at radius 2 is 1.78 bits per heavy atom. The van der Waals surface area contributed by atoms with E-state index in [1.54, 1.807) is 0 Å². The molecule has 0 spiro atoms. The van der Waals surface area contributed by atoms with Crippen LogP contribution in [0.3, 0.4) is 0 Å². The van der Waals surface area contributed by atoms with E-state index >= 15 is 0 Å². The van der Waals surface area contributed by atoms with E-state index < -0.39 is 0 Å². The highest BCUT2D eigenvalue weighted by atomic mass is 79.9. The molecule has 2 heterocycles. The van der Waals surface area contributed by atoms with E-state index in [1.165, 1.54) is 0 Å². The minimum absolute atomic E-state index is 0.141. The van der Waals surface area contributed by atoms with E-state index in [-0.39, 0.29) is 12.3 Å². The predicted molar refractivity (Wildman–Crippen MR) is 111 cm³/mol. The molecule has 2 aliphatic rings. The van der Waals surface area contributed by atoms with Gasteiger partial charge in [0.05, 0.1) is 11.8 Å². The van der Waals surface area contributed by atoms with Crippen LogP contribution in [0.15, 0.2) is 82.4 Å². The van der Waals surface area contributed by atoms with Gasteiger partial charge in [-0.15, -0.1) is 0 Å². The molecule has 5 heteroatoms. The van der Waals surface area contributed by atoms with Gasteiger partial charge < -0.3 is 4.74 Å². The summed E-state index contributed by atoms with van der Waals surface area (Å²) in [5.74, 6) is 0.917. The summed E-state index contributed by atoms with van der Waals surface area (Å²) < 4.78 is 7.41. The smallest absolute Gasteiger partial charge is 0.213 e. The van der Waals surface area contributed by atoms with Crippen LogP contribution >= 0.6 is 27.5 Å². The maximum absolute atomic E-state index is 6.37. The van der Waals surface area contributed by atoms with Gasteiger partial charge in [-0.2, -0.15) is 5.10 Å². The zero-order valence-electron chi connectivity index (χ0n) is 14.3. The zero-order chi connectivity index (χ0) is 18.4. The summed E-state index contributed by atoms with van der Waals surface area (Å²) in [6, 6.07) is 24.5. The minimum atomic E-state index is -0.241. The van der Waals surface area contributed by atoms with Gasteiger partial charge in [0.2, 0.25) is 6.23 Å². The summed E-state index contributed by atoms with van der Waals surface area (Å²) in [6.07, 6.45) is 0.590. The lowest BCUT2D eigenvalue weighted by Crippen LogP contribution is -2.33. The van der Waals surface area contributed by atoms with E-state index in [4.69, 9.17) is 21.4 Å². The van der Waals surface area contributed by atoms with Crippen molar-refractivity contribution < 1.29 is 4.74 Å². The largest absolute Gasteiger partial charge is 0.464 e. The SMILES string of the molecule is Clc1ccc(C2=NN3C(C2)c2cc(Br)ccc2OC3c2ccccc2)cc1. The Hall–Kier alpha value is -2.30.